The van der Waals surface area contributed by atoms with Crippen LogP contribution in [0.5, 0.6) is 0 Å². The molecule has 0 spiro atoms. The van der Waals surface area contributed by atoms with Gasteiger partial charge in [-0.15, -0.1) is 0 Å². The summed E-state index contributed by atoms with van der Waals surface area (Å²) >= 11 is 6.12. The topological polar surface area (TPSA) is 49.8 Å². The van der Waals surface area contributed by atoms with Crippen molar-refractivity contribution < 1.29 is 0 Å². The normalized spacial score (nSPS) is 11.8. The second kappa shape index (κ2) is 4.90. The number of nitrogens with zero attached hydrogens (tertiary/aromatic N) is 1. The van der Waals surface area contributed by atoms with Crippen molar-refractivity contribution in [3.63, 3.8) is 0 Å². The van der Waals surface area contributed by atoms with Gasteiger partial charge in [-0.05, 0) is 23.3 Å². The van der Waals surface area contributed by atoms with Crippen molar-refractivity contribution in [2.75, 3.05) is 5.73 Å². The third-order valence-corrected chi connectivity index (χ3v) is 2.92. The fourth-order valence-electron chi connectivity index (χ4n) is 1.75. The molecule has 17 heavy (non-hydrogen) atoms. The first kappa shape index (κ1) is 11.5. The molecule has 2 aromatic carbocycles. The second-order valence-corrected chi connectivity index (χ2v) is 4.16. The minimum Gasteiger partial charge on any atom is -0.399 e. The van der Waals surface area contributed by atoms with Gasteiger partial charge in [0.25, 0.3) is 0 Å². The molecule has 0 aliphatic carbocycles. The van der Waals surface area contributed by atoms with E-state index in [9.17, 15) is 5.26 Å². The number of hydrogen-bond donors (Lipinski definition) is 1. The van der Waals surface area contributed by atoms with Crippen molar-refractivity contribution in [1.29, 1.82) is 5.26 Å². The van der Waals surface area contributed by atoms with Crippen LogP contribution in [0, 0.1) is 11.3 Å². The van der Waals surface area contributed by atoms with Crippen molar-refractivity contribution in [3.05, 3.63) is 64.7 Å². The highest BCUT2D eigenvalue weighted by atomic mass is 35.5. The Labute approximate surface area is 105 Å². The number of hydrogen-bond acceptors (Lipinski definition) is 2. The molecule has 0 unspecified atom stereocenters. The van der Waals surface area contributed by atoms with E-state index in [1.54, 1.807) is 18.2 Å². The standard InChI is InChI=1S/C14H11ClN2/c15-14-8-11(17)6-7-12(14)13(9-16)10-4-2-1-3-5-10/h1-8,13H,17H2/t13-/m1/s1. The van der Waals surface area contributed by atoms with Crippen LogP contribution in [0.25, 0.3) is 0 Å². The molecule has 0 bridgehead atoms. The predicted octanol–water partition coefficient (Wildman–Crippen LogP) is 3.58. The Morgan fingerprint density at radius 2 is 1.82 bits per heavy atom. The van der Waals surface area contributed by atoms with Crippen LogP contribution in [0.4, 0.5) is 5.69 Å². The summed E-state index contributed by atoms with van der Waals surface area (Å²) in [6, 6.07) is 17.1. The third kappa shape index (κ3) is 2.41. The van der Waals surface area contributed by atoms with Crippen molar-refractivity contribution in [2.24, 2.45) is 0 Å². The Kier molecular flexibility index (Phi) is 3.32. The van der Waals surface area contributed by atoms with E-state index in [-0.39, 0.29) is 5.92 Å². The molecule has 0 heterocycles. The van der Waals surface area contributed by atoms with Crippen LogP contribution in [0.1, 0.15) is 17.0 Å². The zero-order chi connectivity index (χ0) is 12.3. The molecule has 2 aromatic rings. The number of anilines is 1. The van der Waals surface area contributed by atoms with E-state index in [0.717, 1.165) is 11.1 Å². The van der Waals surface area contributed by atoms with E-state index in [0.29, 0.717) is 10.7 Å². The van der Waals surface area contributed by atoms with E-state index in [1.807, 2.05) is 30.3 Å². The average molecular weight is 243 g/mol. The van der Waals surface area contributed by atoms with Crippen LogP contribution >= 0.6 is 11.6 Å². The highest BCUT2D eigenvalue weighted by molar-refractivity contribution is 6.31. The van der Waals surface area contributed by atoms with E-state index >= 15 is 0 Å². The van der Waals surface area contributed by atoms with Crippen molar-refractivity contribution >= 4 is 17.3 Å². The van der Waals surface area contributed by atoms with Gasteiger partial charge in [0.1, 0.15) is 0 Å². The average Bonchev–Trinajstić information content (AvgIpc) is 2.34. The van der Waals surface area contributed by atoms with Crippen LogP contribution in [0.3, 0.4) is 0 Å². The Morgan fingerprint density at radius 3 is 2.41 bits per heavy atom. The summed E-state index contributed by atoms with van der Waals surface area (Å²) < 4.78 is 0. The first-order valence-electron chi connectivity index (χ1n) is 5.22. The Morgan fingerprint density at radius 1 is 1.12 bits per heavy atom. The lowest BCUT2D eigenvalue weighted by Crippen LogP contribution is -1.99. The van der Waals surface area contributed by atoms with Crippen LogP contribution in [-0.2, 0) is 0 Å². The summed E-state index contributed by atoms with van der Waals surface area (Å²) in [6.07, 6.45) is 0. The van der Waals surface area contributed by atoms with Gasteiger partial charge in [-0.2, -0.15) is 5.26 Å². The number of benzene rings is 2. The molecule has 3 heteroatoms. The SMILES string of the molecule is N#C[C@H](c1ccccc1)c1ccc(N)cc1Cl. The van der Waals surface area contributed by atoms with Gasteiger partial charge in [0.15, 0.2) is 0 Å². The van der Waals surface area contributed by atoms with Crippen LogP contribution in [0.15, 0.2) is 48.5 Å². The van der Waals surface area contributed by atoms with Gasteiger partial charge in [0.2, 0.25) is 0 Å². The summed E-state index contributed by atoms with van der Waals surface area (Å²) in [6.45, 7) is 0. The maximum atomic E-state index is 9.29. The lowest BCUT2D eigenvalue weighted by molar-refractivity contribution is 1.04. The number of nitrogens with two attached hydrogens (primary N) is 1. The summed E-state index contributed by atoms with van der Waals surface area (Å²) in [5.74, 6) is -0.357. The lowest BCUT2D eigenvalue weighted by atomic mass is 9.92. The quantitative estimate of drug-likeness (QED) is 0.819. The number of rotatable bonds is 2. The van der Waals surface area contributed by atoms with Gasteiger partial charge in [-0.25, -0.2) is 0 Å². The van der Waals surface area contributed by atoms with Gasteiger partial charge >= 0.3 is 0 Å². The van der Waals surface area contributed by atoms with E-state index in [2.05, 4.69) is 6.07 Å². The number of nitriles is 1. The van der Waals surface area contributed by atoms with Gasteiger partial charge in [-0.1, -0.05) is 48.0 Å². The molecule has 2 rings (SSSR count). The molecule has 0 radical (unpaired) electrons. The minimum absolute atomic E-state index is 0.357. The molecule has 0 saturated carbocycles. The third-order valence-electron chi connectivity index (χ3n) is 2.60. The summed E-state index contributed by atoms with van der Waals surface area (Å²) in [5, 5.41) is 9.81. The van der Waals surface area contributed by atoms with Crippen molar-refractivity contribution in [2.45, 2.75) is 5.92 Å². The van der Waals surface area contributed by atoms with E-state index < -0.39 is 0 Å². The molecule has 2 nitrogen and oxygen atoms in total. The van der Waals surface area contributed by atoms with Gasteiger partial charge in [0, 0.05) is 10.7 Å². The zero-order valence-corrected chi connectivity index (χ0v) is 9.85. The molecule has 1 atom stereocenters. The fourth-order valence-corrected chi connectivity index (χ4v) is 2.04. The predicted molar refractivity (Wildman–Crippen MR) is 69.8 cm³/mol. The van der Waals surface area contributed by atoms with E-state index in [4.69, 9.17) is 17.3 Å². The highest BCUT2D eigenvalue weighted by Gasteiger charge is 2.16. The molecule has 84 valence electrons. The molecular weight excluding hydrogens is 232 g/mol. The van der Waals surface area contributed by atoms with Crippen molar-refractivity contribution in [3.8, 4) is 6.07 Å². The lowest BCUT2D eigenvalue weighted by Gasteiger charge is -2.12. The molecule has 0 aliphatic heterocycles. The summed E-state index contributed by atoms with van der Waals surface area (Å²) in [4.78, 5) is 0. The molecule has 0 aliphatic rings. The highest BCUT2D eigenvalue weighted by Crippen LogP contribution is 2.30. The molecule has 0 aromatic heterocycles. The van der Waals surface area contributed by atoms with Gasteiger partial charge < -0.3 is 5.73 Å². The largest absolute Gasteiger partial charge is 0.399 e. The summed E-state index contributed by atoms with van der Waals surface area (Å²) in [5.41, 5.74) is 7.96. The monoisotopic (exact) mass is 242 g/mol. The van der Waals surface area contributed by atoms with Crippen LogP contribution < -0.4 is 5.73 Å². The number of halogens is 1. The van der Waals surface area contributed by atoms with Crippen LogP contribution in [-0.4, -0.2) is 0 Å². The van der Waals surface area contributed by atoms with Crippen molar-refractivity contribution in [1.82, 2.24) is 0 Å². The molecular formula is C14H11ClN2. The first-order chi connectivity index (χ1) is 8.22. The van der Waals surface area contributed by atoms with Gasteiger partial charge in [0.05, 0.1) is 12.0 Å². The Bertz CT molecular complexity index is 558. The molecule has 2 N–H and O–H groups in total. The maximum Gasteiger partial charge on any atom is 0.0977 e. The summed E-state index contributed by atoms with van der Waals surface area (Å²) in [7, 11) is 0. The van der Waals surface area contributed by atoms with E-state index in [1.165, 1.54) is 0 Å². The molecule has 0 saturated heterocycles. The second-order valence-electron chi connectivity index (χ2n) is 3.75. The molecule has 0 fully saturated rings. The first-order valence-corrected chi connectivity index (χ1v) is 5.59. The zero-order valence-electron chi connectivity index (χ0n) is 9.10. The Hall–Kier alpha value is -1.98. The molecule has 0 amide bonds. The fraction of sp³-hybridized carbons (Fsp3) is 0.0714. The smallest absolute Gasteiger partial charge is 0.0977 e. The van der Waals surface area contributed by atoms with Crippen LogP contribution in [0.2, 0.25) is 5.02 Å². The number of nitrogen functional groups attached to an aromatic ring is 1. The maximum absolute atomic E-state index is 9.29. The Balaban J connectivity index is 2.47. The van der Waals surface area contributed by atoms with Gasteiger partial charge in [-0.3, -0.25) is 0 Å². The minimum atomic E-state index is -0.357.